The van der Waals surface area contributed by atoms with Gasteiger partial charge in [-0.2, -0.15) is 0 Å². The van der Waals surface area contributed by atoms with Crippen molar-refractivity contribution in [3.05, 3.63) is 503 Å². The van der Waals surface area contributed by atoms with Crippen molar-refractivity contribution in [2.24, 2.45) is 0 Å². The topological polar surface area (TPSA) is 30.6 Å². The maximum atomic E-state index is 2.55. The van der Waals surface area contributed by atoms with Gasteiger partial charge in [0.1, 0.15) is 0 Å². The van der Waals surface area contributed by atoms with Crippen LogP contribution in [0.5, 0.6) is 0 Å². The summed E-state index contributed by atoms with van der Waals surface area (Å²) < 4.78 is 10.2. The highest BCUT2D eigenvalue weighted by molar-refractivity contribution is 6.89. The second kappa shape index (κ2) is 32.8. The number of hydrogen-bond acceptors (Lipinski definition) is 4. The Hall–Kier alpha value is -18.5. The van der Waals surface area contributed by atoms with E-state index in [4.69, 9.17) is 0 Å². The zero-order valence-corrected chi connectivity index (χ0v) is 81.4. The minimum absolute atomic E-state index is 1.10. The van der Waals surface area contributed by atoms with Crippen LogP contribution >= 0.6 is 0 Å². The molecule has 8 nitrogen and oxygen atoms in total. The fourth-order valence-electron chi connectivity index (χ4n) is 24.6. The fourth-order valence-corrected chi connectivity index (χ4v) is 26.2. The average molecular weight is 1870 g/mol. The summed E-state index contributed by atoms with van der Waals surface area (Å²) in [5.41, 5.74) is 39.2. The number of nitrogens with zero attached hydrogens (tertiary/aromatic N) is 8. The van der Waals surface area contributed by atoms with Crippen molar-refractivity contribution < 1.29 is 0 Å². The molecule has 0 fully saturated rings. The second-order valence-corrected chi connectivity index (χ2v) is 44.8. The zero-order chi connectivity index (χ0) is 96.0. The van der Waals surface area contributed by atoms with Gasteiger partial charge in [0.2, 0.25) is 0 Å². The number of rotatable bonds is 17. The molecule has 0 N–H and O–H groups in total. The highest BCUT2D eigenvalue weighted by Gasteiger charge is 2.34. The fraction of sp³-hybridized carbons (Fsp3) is 0.0294. The van der Waals surface area contributed by atoms with Gasteiger partial charge in [0, 0.05) is 131 Å². The highest BCUT2D eigenvalue weighted by Crippen LogP contribution is 2.56. The number of benzene rings is 22. The molecule has 0 bridgehead atoms. The van der Waals surface area contributed by atoms with E-state index in [1.54, 1.807) is 0 Å². The van der Waals surface area contributed by atoms with Crippen LogP contribution < -0.4 is 24.8 Å². The van der Waals surface area contributed by atoms with Crippen molar-refractivity contribution in [2.45, 2.75) is 26.6 Å². The molecule has 0 aliphatic rings. The summed E-state index contributed by atoms with van der Waals surface area (Å²) in [6.07, 6.45) is 0. The Morgan fingerprint density at radius 1 is 0.166 bits per heavy atom. The van der Waals surface area contributed by atoms with Gasteiger partial charge >= 0.3 is 0 Å². The van der Waals surface area contributed by atoms with Gasteiger partial charge in [-0.1, -0.05) is 359 Å². The number of aromatic nitrogens is 4. The van der Waals surface area contributed by atoms with E-state index in [0.717, 1.165) is 39.8 Å². The van der Waals surface area contributed by atoms with Gasteiger partial charge < -0.3 is 37.2 Å². The third-order valence-electron chi connectivity index (χ3n) is 30.7. The van der Waals surface area contributed by atoms with E-state index in [1.165, 1.54) is 236 Å². The summed E-state index contributed by atoms with van der Waals surface area (Å²) in [6.45, 7) is 9.56. The molecule has 0 unspecified atom stereocenters. The standard InChI is InChI=1S/C78H50N4.C58H44N4Si/c1-7-23-51(24-8-1)55-43-45-67(63(47-55)53-27-11-3-12-28-53)79(57-31-15-5-16-32-57)69-39-21-41-71-75(69)61-37-19-35-59-65-50-74-66(49-73(65)81(71)77(59)61)60-36-20-38-62-76-70(40-22-42-72(76)82(74)78(60)62)80(58-33-17-6-18-34-58)68-46-44-56(52-25-9-2-10-26-52)48-64(68)54-29-13-4-14-30-54;1-37-19-11-12-28-46(37)59(38-20-7-5-8-21-38)48-30-17-32-50-55(48)42-26-15-24-40-44-36-53-45(35-52(44)61(50)57(40)42)41-25-16-27-43-56-49(31-18-33-51(56)62(53)58(41)43)60(39-22-9-6-10-23-39)47-29-13-14-34-54(47)63(2,3)4/h1-50H;5-36H,1-4H3. The smallest absolute Gasteiger partial charge is 0.0803 e. The number of fused-ring (bicyclic) bond motifs is 24. The normalized spacial score (nSPS) is 12.1. The SMILES string of the molecule is Cc1ccccc1N(c1ccccc1)c1cccc2c1c1cccc3c4cc5c(cc4n2c31)c1cccc2c3c(N(c4ccccc4)c4ccccc4[Si](C)(C)C)cccc3n5c12.c1ccc(-c2ccc(N(c3ccccc3)c3cccc4c3c3cccc5c6cc7c(cc6n4c53)c3cccc4c5c(N(c6ccccc6)c6ccc(-c8ccccc8)cc6-c6ccccc6)cccc5n7c34)c(-c3ccccc3)c2)cc1. The van der Waals surface area contributed by atoms with Crippen molar-refractivity contribution in [2.75, 3.05) is 19.6 Å². The van der Waals surface area contributed by atoms with Gasteiger partial charge in [0.25, 0.3) is 0 Å². The molecule has 145 heavy (non-hydrogen) atoms. The van der Waals surface area contributed by atoms with Crippen LogP contribution in [0.15, 0.2) is 497 Å². The molecule has 0 spiro atoms. The lowest BCUT2D eigenvalue weighted by molar-refractivity contribution is 1.26. The third-order valence-corrected chi connectivity index (χ3v) is 32.7. The van der Waals surface area contributed by atoms with Gasteiger partial charge in [0.05, 0.1) is 108 Å². The summed E-state index contributed by atoms with van der Waals surface area (Å²) in [6, 6.07) is 183. The van der Waals surface area contributed by atoms with Crippen molar-refractivity contribution >= 4 is 234 Å². The largest absolute Gasteiger partial charge is 0.310 e. The van der Waals surface area contributed by atoms with Gasteiger partial charge in [-0.05, 0) is 209 Å². The molecule has 0 radical (unpaired) electrons. The lowest BCUT2D eigenvalue weighted by Crippen LogP contribution is -2.40. The first-order chi connectivity index (χ1) is 71.6. The Balaban J connectivity index is 0.000000142. The highest BCUT2D eigenvalue weighted by atomic mass is 28.3. The molecule has 682 valence electrons. The lowest BCUT2D eigenvalue weighted by atomic mass is 9.96. The quantitative estimate of drug-likeness (QED) is 0.0850. The Morgan fingerprint density at radius 3 is 0.710 bits per heavy atom. The summed E-state index contributed by atoms with van der Waals surface area (Å²) in [5.74, 6) is 0. The van der Waals surface area contributed by atoms with Gasteiger partial charge in [-0.25, -0.2) is 0 Å². The molecule has 30 rings (SSSR count). The third kappa shape index (κ3) is 12.7. The average Bonchev–Trinajstić information content (AvgIpc) is 1.52. The van der Waals surface area contributed by atoms with E-state index < -0.39 is 8.07 Å². The van der Waals surface area contributed by atoms with Crippen LogP contribution in [-0.2, 0) is 0 Å². The predicted octanol–water partition coefficient (Wildman–Crippen LogP) is 37.4. The van der Waals surface area contributed by atoms with Crippen LogP contribution in [0, 0.1) is 6.92 Å². The van der Waals surface area contributed by atoms with Crippen LogP contribution in [0.2, 0.25) is 19.6 Å². The van der Waals surface area contributed by atoms with Crippen LogP contribution in [0.3, 0.4) is 0 Å². The molecule has 0 aliphatic heterocycles. The predicted molar refractivity (Wildman–Crippen MR) is 620 cm³/mol. The molecule has 8 heterocycles. The Labute approximate surface area is 839 Å². The molecule has 22 aromatic carbocycles. The van der Waals surface area contributed by atoms with Crippen molar-refractivity contribution in [3.63, 3.8) is 0 Å². The number of para-hydroxylation sites is 10. The van der Waals surface area contributed by atoms with E-state index in [2.05, 4.69) is 561 Å². The minimum Gasteiger partial charge on any atom is -0.310 e. The van der Waals surface area contributed by atoms with E-state index in [0.29, 0.717) is 0 Å². The number of anilines is 12. The summed E-state index contributed by atoms with van der Waals surface area (Å²) in [7, 11) is -1.73. The van der Waals surface area contributed by atoms with E-state index in [1.807, 2.05) is 0 Å². The molecule has 0 saturated heterocycles. The first-order valence-electron chi connectivity index (χ1n) is 50.3. The molecule has 8 aromatic heterocycles. The van der Waals surface area contributed by atoms with Crippen molar-refractivity contribution in [3.8, 4) is 44.5 Å². The van der Waals surface area contributed by atoms with Crippen LogP contribution in [0.4, 0.5) is 68.2 Å². The van der Waals surface area contributed by atoms with Gasteiger partial charge in [-0.15, -0.1) is 0 Å². The summed E-state index contributed by atoms with van der Waals surface area (Å²) >= 11 is 0. The summed E-state index contributed by atoms with van der Waals surface area (Å²) in [5, 5.41) is 21.5. The Kier molecular flexibility index (Phi) is 18.9. The first-order valence-corrected chi connectivity index (χ1v) is 53.8. The molecule has 0 amide bonds. The van der Waals surface area contributed by atoms with Gasteiger partial charge in [0.15, 0.2) is 0 Å². The van der Waals surface area contributed by atoms with Crippen LogP contribution in [0.1, 0.15) is 5.56 Å². The van der Waals surface area contributed by atoms with E-state index in [9.17, 15) is 0 Å². The van der Waals surface area contributed by atoms with Crippen molar-refractivity contribution in [1.82, 2.24) is 17.6 Å². The van der Waals surface area contributed by atoms with Gasteiger partial charge in [-0.3, -0.25) is 0 Å². The molecule has 9 heteroatoms. The number of hydrogen-bond donors (Lipinski definition) is 0. The Bertz CT molecular complexity index is 9990. The maximum Gasteiger partial charge on any atom is 0.0803 e. The minimum atomic E-state index is -1.73. The van der Waals surface area contributed by atoms with Crippen LogP contribution in [0.25, 0.3) is 197 Å². The van der Waals surface area contributed by atoms with E-state index in [-0.39, 0.29) is 0 Å². The van der Waals surface area contributed by atoms with E-state index >= 15 is 0 Å². The molecule has 0 atom stereocenters. The summed E-state index contributed by atoms with van der Waals surface area (Å²) in [4.78, 5) is 9.92. The molecular weight excluding hydrogens is 1770 g/mol. The molecular formula is C136H94N8Si. The van der Waals surface area contributed by atoms with Crippen molar-refractivity contribution in [1.29, 1.82) is 0 Å². The monoisotopic (exact) mass is 1870 g/mol. The first kappa shape index (κ1) is 83.4. The zero-order valence-electron chi connectivity index (χ0n) is 80.4. The molecule has 0 saturated carbocycles. The Morgan fingerprint density at radius 2 is 0.407 bits per heavy atom. The lowest BCUT2D eigenvalue weighted by Gasteiger charge is -2.31. The maximum absolute atomic E-state index is 2.55. The molecule has 0 aliphatic carbocycles. The second-order valence-electron chi connectivity index (χ2n) is 39.8. The van der Waals surface area contributed by atoms with Crippen LogP contribution in [-0.4, -0.2) is 25.7 Å². The number of aryl methyl sites for hydroxylation is 1. The molecule has 30 aromatic rings.